The quantitative estimate of drug-likeness (QED) is 0.581. The van der Waals surface area contributed by atoms with E-state index in [1.807, 2.05) is 0 Å². The maximum Gasteiger partial charge on any atom is 0.115 e. The molecule has 2 fully saturated rings. The summed E-state index contributed by atoms with van der Waals surface area (Å²) in [7, 11) is 3.36. The summed E-state index contributed by atoms with van der Waals surface area (Å²) in [6.07, 6.45) is 0.296. The van der Waals surface area contributed by atoms with Crippen LogP contribution in [0.25, 0.3) is 0 Å². The van der Waals surface area contributed by atoms with Crippen molar-refractivity contribution in [2.75, 3.05) is 27.4 Å². The smallest absolute Gasteiger partial charge is 0.115 e. The highest BCUT2D eigenvalue weighted by Gasteiger charge is 2.48. The lowest BCUT2D eigenvalue weighted by Crippen LogP contribution is -2.32. The molecule has 0 saturated carbocycles. The third-order valence-corrected chi connectivity index (χ3v) is 2.57. The first-order valence-corrected chi connectivity index (χ1v) is 4.15. The van der Waals surface area contributed by atoms with E-state index in [0.29, 0.717) is 13.2 Å². The predicted molar refractivity (Wildman–Crippen MR) is 41.1 cm³/mol. The first-order valence-electron chi connectivity index (χ1n) is 4.15. The SMILES string of the molecule is COC1CO[C@H]2[C@@H]1OC[C@H]2OC. The van der Waals surface area contributed by atoms with Gasteiger partial charge < -0.3 is 18.9 Å². The largest absolute Gasteiger partial charge is 0.376 e. The summed E-state index contributed by atoms with van der Waals surface area (Å²) in [5, 5.41) is 0. The van der Waals surface area contributed by atoms with Crippen molar-refractivity contribution >= 4 is 0 Å². The van der Waals surface area contributed by atoms with Gasteiger partial charge in [-0.15, -0.1) is 0 Å². The Labute approximate surface area is 71.7 Å². The fourth-order valence-corrected chi connectivity index (χ4v) is 1.83. The highest BCUT2D eigenvalue weighted by molar-refractivity contribution is 4.95. The summed E-state index contributed by atoms with van der Waals surface area (Å²) in [6, 6.07) is 0. The van der Waals surface area contributed by atoms with E-state index in [1.165, 1.54) is 0 Å². The fraction of sp³-hybridized carbons (Fsp3) is 1.00. The molecule has 0 aromatic carbocycles. The van der Waals surface area contributed by atoms with Gasteiger partial charge in [0.1, 0.15) is 24.4 Å². The molecule has 4 nitrogen and oxygen atoms in total. The minimum atomic E-state index is 0.0694. The summed E-state index contributed by atoms with van der Waals surface area (Å²) in [5.41, 5.74) is 0. The van der Waals surface area contributed by atoms with Crippen LogP contribution >= 0.6 is 0 Å². The third-order valence-electron chi connectivity index (χ3n) is 2.57. The second-order valence-electron chi connectivity index (χ2n) is 3.14. The maximum atomic E-state index is 5.51. The lowest BCUT2D eigenvalue weighted by atomic mass is 10.1. The Bertz CT molecular complexity index is 143. The van der Waals surface area contributed by atoms with Crippen LogP contribution in [0, 0.1) is 0 Å². The van der Waals surface area contributed by atoms with Gasteiger partial charge in [0.2, 0.25) is 0 Å². The van der Waals surface area contributed by atoms with Gasteiger partial charge in [0, 0.05) is 14.2 Å². The molecule has 2 saturated heterocycles. The fourth-order valence-electron chi connectivity index (χ4n) is 1.83. The van der Waals surface area contributed by atoms with E-state index in [-0.39, 0.29) is 24.4 Å². The van der Waals surface area contributed by atoms with E-state index in [9.17, 15) is 0 Å². The normalized spacial score (nSPS) is 46.5. The van der Waals surface area contributed by atoms with Gasteiger partial charge in [0.05, 0.1) is 13.2 Å². The molecule has 4 heteroatoms. The highest BCUT2D eigenvalue weighted by Crippen LogP contribution is 2.29. The Morgan fingerprint density at radius 1 is 0.917 bits per heavy atom. The Balaban J connectivity index is 2.01. The Kier molecular flexibility index (Phi) is 2.32. The second kappa shape index (κ2) is 3.30. The molecule has 0 radical (unpaired) electrons. The zero-order valence-corrected chi connectivity index (χ0v) is 7.36. The van der Waals surface area contributed by atoms with Crippen molar-refractivity contribution in [3.63, 3.8) is 0 Å². The van der Waals surface area contributed by atoms with Crippen LogP contribution in [-0.4, -0.2) is 51.8 Å². The number of rotatable bonds is 2. The molecule has 0 N–H and O–H groups in total. The van der Waals surface area contributed by atoms with Crippen LogP contribution in [0.2, 0.25) is 0 Å². The molecule has 0 aliphatic carbocycles. The summed E-state index contributed by atoms with van der Waals surface area (Å²) >= 11 is 0. The van der Waals surface area contributed by atoms with Gasteiger partial charge in [-0.3, -0.25) is 0 Å². The molecule has 0 aromatic heterocycles. The number of fused-ring (bicyclic) bond motifs is 1. The molecule has 0 amide bonds. The van der Waals surface area contributed by atoms with Crippen molar-refractivity contribution in [3.8, 4) is 0 Å². The van der Waals surface area contributed by atoms with Crippen LogP contribution < -0.4 is 0 Å². The van der Waals surface area contributed by atoms with Crippen LogP contribution in [0.4, 0.5) is 0 Å². The molecular formula is C8H14O4. The van der Waals surface area contributed by atoms with Crippen molar-refractivity contribution in [1.29, 1.82) is 0 Å². The zero-order valence-electron chi connectivity index (χ0n) is 7.36. The number of methoxy groups -OCH3 is 2. The van der Waals surface area contributed by atoms with Crippen molar-refractivity contribution in [1.82, 2.24) is 0 Å². The molecule has 2 aliphatic heterocycles. The van der Waals surface area contributed by atoms with Crippen molar-refractivity contribution in [2.45, 2.75) is 24.4 Å². The molecule has 1 unspecified atom stereocenters. The van der Waals surface area contributed by atoms with Crippen molar-refractivity contribution < 1.29 is 18.9 Å². The molecule has 12 heavy (non-hydrogen) atoms. The molecule has 70 valence electrons. The van der Waals surface area contributed by atoms with Gasteiger partial charge in [-0.1, -0.05) is 0 Å². The molecule has 0 aromatic rings. The first-order chi connectivity index (χ1) is 5.86. The highest BCUT2D eigenvalue weighted by atomic mass is 16.6. The summed E-state index contributed by atoms with van der Waals surface area (Å²) < 4.78 is 21.4. The van der Waals surface area contributed by atoms with Crippen LogP contribution in [0.1, 0.15) is 0 Å². The Morgan fingerprint density at radius 3 is 1.67 bits per heavy atom. The average Bonchev–Trinajstić information content (AvgIpc) is 2.62. The Morgan fingerprint density at radius 2 is 1.33 bits per heavy atom. The second-order valence-corrected chi connectivity index (χ2v) is 3.14. The molecule has 2 heterocycles. The summed E-state index contributed by atoms with van der Waals surface area (Å²) in [6.45, 7) is 1.23. The molecule has 2 aliphatic rings. The van der Waals surface area contributed by atoms with Crippen LogP contribution in [0.15, 0.2) is 0 Å². The van der Waals surface area contributed by atoms with Gasteiger partial charge >= 0.3 is 0 Å². The molecular weight excluding hydrogens is 160 g/mol. The van der Waals surface area contributed by atoms with Crippen molar-refractivity contribution in [3.05, 3.63) is 0 Å². The average molecular weight is 174 g/mol. The van der Waals surface area contributed by atoms with E-state index in [1.54, 1.807) is 14.2 Å². The van der Waals surface area contributed by atoms with E-state index < -0.39 is 0 Å². The standard InChI is InChI=1S/C8H14O4/c1-9-5-3-11-8-6(10-2)4-12-7(5)8/h5-8H,3-4H2,1-2H3/t5-,6?,7-,8-/m1/s1. The van der Waals surface area contributed by atoms with E-state index in [4.69, 9.17) is 18.9 Å². The maximum absolute atomic E-state index is 5.51. The minimum absolute atomic E-state index is 0.0694. The van der Waals surface area contributed by atoms with Crippen LogP contribution in [0.5, 0.6) is 0 Å². The number of hydrogen-bond donors (Lipinski definition) is 0. The molecule has 0 bridgehead atoms. The number of ether oxygens (including phenoxy) is 4. The van der Waals surface area contributed by atoms with Gasteiger partial charge in [0.15, 0.2) is 0 Å². The zero-order chi connectivity index (χ0) is 8.55. The van der Waals surface area contributed by atoms with Gasteiger partial charge in [-0.2, -0.15) is 0 Å². The van der Waals surface area contributed by atoms with Gasteiger partial charge in [-0.25, -0.2) is 0 Å². The third kappa shape index (κ3) is 1.15. The lowest BCUT2D eigenvalue weighted by Gasteiger charge is -2.14. The summed E-state index contributed by atoms with van der Waals surface area (Å²) in [4.78, 5) is 0. The predicted octanol–water partition coefficient (Wildman–Crippen LogP) is -0.186. The van der Waals surface area contributed by atoms with Crippen LogP contribution in [-0.2, 0) is 18.9 Å². The van der Waals surface area contributed by atoms with Crippen LogP contribution in [0.3, 0.4) is 0 Å². The van der Waals surface area contributed by atoms with Gasteiger partial charge in [-0.05, 0) is 0 Å². The van der Waals surface area contributed by atoms with Gasteiger partial charge in [0.25, 0.3) is 0 Å². The van der Waals surface area contributed by atoms with E-state index in [2.05, 4.69) is 0 Å². The number of hydrogen-bond acceptors (Lipinski definition) is 4. The minimum Gasteiger partial charge on any atom is -0.376 e. The summed E-state index contributed by atoms with van der Waals surface area (Å²) in [5.74, 6) is 0. The molecule has 0 spiro atoms. The van der Waals surface area contributed by atoms with E-state index >= 15 is 0 Å². The topological polar surface area (TPSA) is 36.9 Å². The molecule has 4 atom stereocenters. The Hall–Kier alpha value is -0.160. The molecule has 2 rings (SSSR count). The monoisotopic (exact) mass is 174 g/mol. The lowest BCUT2D eigenvalue weighted by molar-refractivity contribution is -0.0267. The van der Waals surface area contributed by atoms with Crippen molar-refractivity contribution in [2.24, 2.45) is 0 Å². The first kappa shape index (κ1) is 8.44. The van der Waals surface area contributed by atoms with E-state index in [0.717, 1.165) is 0 Å².